The number of nitrogens with one attached hydrogen (secondary N) is 1. The number of nitrogens with zero attached hydrogens (tertiary/aromatic N) is 4. The number of ether oxygens (including phenoxy) is 3. The summed E-state index contributed by atoms with van der Waals surface area (Å²) in [6.45, 7) is 6.04. The Labute approximate surface area is 312 Å². The summed E-state index contributed by atoms with van der Waals surface area (Å²) in [5.41, 5.74) is -0.337. The Morgan fingerprint density at radius 3 is 2.53 bits per heavy atom. The van der Waals surface area contributed by atoms with Crippen molar-refractivity contribution >= 4 is 49.5 Å². The Morgan fingerprint density at radius 2 is 1.75 bits per heavy atom. The number of carbonyl (C=O) groups is 1. The molecular formula is C40H36BrF2N5O5. The van der Waals surface area contributed by atoms with Crippen LogP contribution in [0.5, 0.6) is 23.0 Å². The van der Waals surface area contributed by atoms with Crippen molar-refractivity contribution in [2.45, 2.75) is 26.2 Å². The van der Waals surface area contributed by atoms with Crippen LogP contribution in [-0.4, -0.2) is 58.7 Å². The Hall–Kier alpha value is -5.40. The first kappa shape index (κ1) is 36.0. The Bertz CT molecular complexity index is 2380. The molecule has 0 aliphatic carbocycles. The van der Waals surface area contributed by atoms with E-state index in [4.69, 9.17) is 14.2 Å². The second-order valence-corrected chi connectivity index (χ2v) is 13.9. The van der Waals surface area contributed by atoms with E-state index in [0.29, 0.717) is 44.6 Å². The minimum atomic E-state index is -0.813. The molecule has 1 saturated heterocycles. The summed E-state index contributed by atoms with van der Waals surface area (Å²) in [6, 6.07) is 17.9. The van der Waals surface area contributed by atoms with Crippen LogP contribution in [0.1, 0.15) is 36.5 Å². The molecule has 0 spiro atoms. The fourth-order valence-electron chi connectivity index (χ4n) is 6.42. The predicted octanol–water partition coefficient (Wildman–Crippen LogP) is 8.53. The third-order valence-corrected chi connectivity index (χ3v) is 9.80. The molecule has 3 aromatic heterocycles. The summed E-state index contributed by atoms with van der Waals surface area (Å²) >= 11 is 3.22. The molecule has 0 unspecified atom stereocenters. The van der Waals surface area contributed by atoms with Crippen molar-refractivity contribution in [3.05, 3.63) is 117 Å². The predicted molar refractivity (Wildman–Crippen MR) is 203 cm³/mol. The van der Waals surface area contributed by atoms with Gasteiger partial charge in [0.15, 0.2) is 23.1 Å². The lowest BCUT2D eigenvalue weighted by Crippen LogP contribution is -2.34. The van der Waals surface area contributed by atoms with Gasteiger partial charge in [-0.3, -0.25) is 19.1 Å². The van der Waals surface area contributed by atoms with Crippen LogP contribution in [0, 0.1) is 17.6 Å². The largest absolute Gasteiger partial charge is 0.493 e. The first-order valence-electron chi connectivity index (χ1n) is 17.3. The molecule has 53 heavy (non-hydrogen) atoms. The van der Waals surface area contributed by atoms with Gasteiger partial charge in [-0.15, -0.1) is 0 Å². The van der Waals surface area contributed by atoms with Gasteiger partial charge in [0, 0.05) is 52.0 Å². The quantitative estimate of drug-likeness (QED) is 0.130. The maximum absolute atomic E-state index is 15.5. The van der Waals surface area contributed by atoms with Crippen LogP contribution in [-0.2, 0) is 0 Å². The van der Waals surface area contributed by atoms with Crippen molar-refractivity contribution in [2.24, 2.45) is 5.92 Å². The van der Waals surface area contributed by atoms with Gasteiger partial charge in [0.1, 0.15) is 22.8 Å². The summed E-state index contributed by atoms with van der Waals surface area (Å²) in [5.74, 6) is -0.202. The van der Waals surface area contributed by atoms with E-state index < -0.39 is 23.1 Å². The molecule has 272 valence electrons. The molecule has 0 radical (unpaired) electrons. The van der Waals surface area contributed by atoms with Gasteiger partial charge in [0.25, 0.3) is 11.5 Å². The van der Waals surface area contributed by atoms with Crippen LogP contribution in [0.3, 0.4) is 0 Å². The number of hydrogen-bond donors (Lipinski definition) is 1. The standard InChI is InChI=1S/C40H36BrF2N5O5/c1-24-11-16-47(17-12-24)15-4-18-52-37-23-32-28(22-36(37)51-2)34(10-14-44-32)53-35-9-7-27(21-31(35)43)46-39(49)29-19-25-5-3-13-45-38(25)48(40(29)50)33-8-6-26(41)20-30(33)42/h3,5-10,13-14,19-24H,4,11-12,15-18H2,1-2H3,(H,46,49). The lowest BCUT2D eigenvalue weighted by Gasteiger charge is -2.30. The number of pyridine rings is 3. The topological polar surface area (TPSA) is 108 Å². The lowest BCUT2D eigenvalue weighted by molar-refractivity contribution is 0.102. The Morgan fingerprint density at radius 1 is 0.925 bits per heavy atom. The lowest BCUT2D eigenvalue weighted by atomic mass is 9.99. The number of amides is 1. The van der Waals surface area contributed by atoms with E-state index >= 15 is 8.78 Å². The third kappa shape index (κ3) is 7.86. The van der Waals surface area contributed by atoms with Crippen LogP contribution < -0.4 is 25.1 Å². The maximum atomic E-state index is 15.5. The van der Waals surface area contributed by atoms with Crippen molar-refractivity contribution in [1.29, 1.82) is 0 Å². The van der Waals surface area contributed by atoms with Crippen molar-refractivity contribution in [2.75, 3.05) is 38.7 Å². The highest BCUT2D eigenvalue weighted by Crippen LogP contribution is 2.38. The van der Waals surface area contributed by atoms with Gasteiger partial charge in [-0.25, -0.2) is 13.8 Å². The number of fused-ring (bicyclic) bond motifs is 2. The Balaban J connectivity index is 1.08. The van der Waals surface area contributed by atoms with Gasteiger partial charge in [0.2, 0.25) is 0 Å². The monoisotopic (exact) mass is 783 g/mol. The van der Waals surface area contributed by atoms with E-state index in [1.807, 2.05) is 0 Å². The molecule has 1 aliphatic heterocycles. The third-order valence-electron chi connectivity index (χ3n) is 9.31. The molecule has 7 rings (SSSR count). The first-order chi connectivity index (χ1) is 25.7. The molecule has 1 amide bonds. The number of aromatic nitrogens is 3. The van der Waals surface area contributed by atoms with Gasteiger partial charge in [0.05, 0.1) is 24.9 Å². The molecule has 0 atom stereocenters. The second-order valence-electron chi connectivity index (χ2n) is 13.0. The first-order valence-corrected chi connectivity index (χ1v) is 18.0. The smallest absolute Gasteiger partial charge is 0.269 e. The van der Waals surface area contributed by atoms with E-state index in [1.165, 1.54) is 49.4 Å². The summed E-state index contributed by atoms with van der Waals surface area (Å²) in [5, 5.41) is 3.59. The summed E-state index contributed by atoms with van der Waals surface area (Å²) in [7, 11) is 1.55. The van der Waals surface area contributed by atoms with E-state index in [0.717, 1.165) is 42.6 Å². The highest BCUT2D eigenvalue weighted by atomic mass is 79.9. The molecule has 0 bridgehead atoms. The van der Waals surface area contributed by atoms with E-state index in [-0.39, 0.29) is 28.3 Å². The number of anilines is 1. The second kappa shape index (κ2) is 15.7. The van der Waals surface area contributed by atoms with E-state index in [9.17, 15) is 9.59 Å². The van der Waals surface area contributed by atoms with Crippen LogP contribution >= 0.6 is 15.9 Å². The zero-order valence-corrected chi connectivity index (χ0v) is 30.7. The Kier molecular flexibility index (Phi) is 10.6. The fourth-order valence-corrected chi connectivity index (χ4v) is 6.75. The van der Waals surface area contributed by atoms with Crippen molar-refractivity contribution in [1.82, 2.24) is 19.4 Å². The highest BCUT2D eigenvalue weighted by Gasteiger charge is 2.21. The number of rotatable bonds is 11. The van der Waals surface area contributed by atoms with Gasteiger partial charge < -0.3 is 24.4 Å². The number of halogens is 3. The normalized spacial score (nSPS) is 13.7. The summed E-state index contributed by atoms with van der Waals surface area (Å²) in [4.78, 5) is 38.3. The molecule has 4 heterocycles. The molecule has 6 aromatic rings. The SMILES string of the molecule is COc1cc2c(Oc3ccc(NC(=O)c4cc5cccnc5n(-c5ccc(Br)cc5F)c4=O)cc3F)ccnc2cc1OCCCN1CCC(C)CC1. The molecule has 1 aliphatic rings. The van der Waals surface area contributed by atoms with Gasteiger partial charge in [-0.2, -0.15) is 0 Å². The van der Waals surface area contributed by atoms with Crippen LogP contribution in [0.15, 0.2) is 94.5 Å². The molecule has 13 heteroatoms. The average Bonchev–Trinajstić information content (AvgIpc) is 3.15. The number of piperidine rings is 1. The number of benzene rings is 3. The highest BCUT2D eigenvalue weighted by molar-refractivity contribution is 9.10. The minimum Gasteiger partial charge on any atom is -0.493 e. The zero-order chi connectivity index (χ0) is 37.1. The van der Waals surface area contributed by atoms with Crippen LogP contribution in [0.4, 0.5) is 14.5 Å². The number of methoxy groups -OCH3 is 1. The van der Waals surface area contributed by atoms with Crippen LogP contribution in [0.25, 0.3) is 27.6 Å². The number of likely N-dealkylation sites (tertiary alicyclic amines) is 1. The van der Waals surface area contributed by atoms with Crippen LogP contribution in [0.2, 0.25) is 0 Å². The molecule has 1 fully saturated rings. The van der Waals surface area contributed by atoms with E-state index in [1.54, 1.807) is 49.7 Å². The molecule has 1 N–H and O–H groups in total. The fraction of sp³-hybridized carbons (Fsp3) is 0.250. The molecular weight excluding hydrogens is 748 g/mol. The molecule has 10 nitrogen and oxygen atoms in total. The van der Waals surface area contributed by atoms with E-state index in [2.05, 4.69) is 43.0 Å². The maximum Gasteiger partial charge on any atom is 0.269 e. The van der Waals surface area contributed by atoms with Gasteiger partial charge >= 0.3 is 0 Å². The molecule has 3 aromatic carbocycles. The summed E-state index contributed by atoms with van der Waals surface area (Å²) < 4.78 is 49.8. The zero-order valence-electron chi connectivity index (χ0n) is 29.1. The molecule has 0 saturated carbocycles. The average molecular weight is 785 g/mol. The summed E-state index contributed by atoms with van der Waals surface area (Å²) in [6.07, 6.45) is 6.37. The van der Waals surface area contributed by atoms with Gasteiger partial charge in [-0.05, 0) is 98.9 Å². The van der Waals surface area contributed by atoms with Crippen molar-refractivity contribution in [3.63, 3.8) is 0 Å². The minimum absolute atomic E-state index is 0.0739. The van der Waals surface area contributed by atoms with Gasteiger partial charge in [-0.1, -0.05) is 22.9 Å². The van der Waals surface area contributed by atoms with Crippen molar-refractivity contribution < 1.29 is 27.8 Å². The van der Waals surface area contributed by atoms with Crippen molar-refractivity contribution in [3.8, 4) is 28.7 Å². The number of carbonyl (C=O) groups excluding carboxylic acids is 1. The number of hydrogen-bond acceptors (Lipinski definition) is 8.